The van der Waals surface area contributed by atoms with Gasteiger partial charge in [-0.1, -0.05) is 13.3 Å². The molecule has 0 aliphatic carbocycles. The van der Waals surface area contributed by atoms with Crippen molar-refractivity contribution in [3.8, 4) is 0 Å². The fraction of sp³-hybridized carbons (Fsp3) is 1.00. The van der Waals surface area contributed by atoms with E-state index in [0.717, 1.165) is 19.5 Å². The molecule has 0 saturated heterocycles. The van der Waals surface area contributed by atoms with Gasteiger partial charge in [-0.05, 0) is 6.42 Å². The fourth-order valence-corrected chi connectivity index (χ4v) is 1.19. The van der Waals surface area contributed by atoms with E-state index < -0.39 is 13.7 Å². The average Bonchev–Trinajstić information content (AvgIpc) is 2.08. The van der Waals surface area contributed by atoms with Crippen molar-refractivity contribution in [1.82, 2.24) is 0 Å². The number of hydrogen-bond donors (Lipinski definition) is 2. The van der Waals surface area contributed by atoms with Crippen LogP contribution in [0.2, 0.25) is 0 Å². The van der Waals surface area contributed by atoms with Gasteiger partial charge in [0.2, 0.25) is 0 Å². The third-order valence-electron chi connectivity index (χ3n) is 1.46. The van der Waals surface area contributed by atoms with Gasteiger partial charge in [-0.3, -0.25) is 4.57 Å². The molecule has 0 fully saturated rings. The van der Waals surface area contributed by atoms with Gasteiger partial charge in [-0.25, -0.2) is 0 Å². The quantitative estimate of drug-likeness (QED) is 0.477. The van der Waals surface area contributed by atoms with Gasteiger partial charge < -0.3 is 19.3 Å². The normalized spacial score (nSPS) is 17.7. The first kappa shape index (κ1) is 14.1. The van der Waals surface area contributed by atoms with Gasteiger partial charge in [-0.15, -0.1) is 0 Å². The highest BCUT2D eigenvalue weighted by Gasteiger charge is 2.13. The summed E-state index contributed by atoms with van der Waals surface area (Å²) in [6.07, 6.45) is 1.14. The molecule has 0 aromatic carbocycles. The number of aliphatic hydroxyl groups excluding tert-OH is 1. The van der Waals surface area contributed by atoms with Gasteiger partial charge in [0.15, 0.2) is 0 Å². The molecule has 0 rings (SSSR count). The minimum Gasteiger partial charge on any atom is -0.388 e. The zero-order chi connectivity index (χ0) is 11.0. The molecule has 2 N–H and O–H groups in total. The molecule has 0 aromatic rings. The summed E-state index contributed by atoms with van der Waals surface area (Å²) in [6.45, 7) is 3.69. The van der Waals surface area contributed by atoms with Crippen molar-refractivity contribution < 1.29 is 23.8 Å². The summed E-state index contributed by atoms with van der Waals surface area (Å²) < 4.78 is 20.3. The Bertz CT molecular complexity index is 179. The van der Waals surface area contributed by atoms with Gasteiger partial charge >= 0.3 is 7.60 Å². The second-order valence-corrected chi connectivity index (χ2v) is 5.05. The minimum absolute atomic E-state index is 0.139. The third kappa shape index (κ3) is 10.2. The second kappa shape index (κ2) is 7.37. The summed E-state index contributed by atoms with van der Waals surface area (Å²) in [5, 5.41) is 9.23. The number of unbranched alkanes of at least 4 members (excludes halogenated alkanes) is 1. The highest BCUT2D eigenvalue weighted by atomic mass is 31.2. The molecule has 5 nitrogen and oxygen atoms in total. The Morgan fingerprint density at radius 2 is 2.07 bits per heavy atom. The average molecular weight is 226 g/mol. The third-order valence-corrected chi connectivity index (χ3v) is 2.09. The van der Waals surface area contributed by atoms with E-state index in [4.69, 9.17) is 9.63 Å². The molecule has 2 atom stereocenters. The predicted octanol–water partition coefficient (Wildman–Crippen LogP) is 0.996. The van der Waals surface area contributed by atoms with Crippen molar-refractivity contribution in [2.45, 2.75) is 25.9 Å². The van der Waals surface area contributed by atoms with E-state index >= 15 is 0 Å². The van der Waals surface area contributed by atoms with Crippen molar-refractivity contribution in [3.05, 3.63) is 0 Å². The highest BCUT2D eigenvalue weighted by molar-refractivity contribution is 7.51. The SMILES string of the molecule is CCCCOCC(O)COP(C)(=O)O. The van der Waals surface area contributed by atoms with Gasteiger partial charge in [0.05, 0.1) is 13.2 Å². The lowest BCUT2D eigenvalue weighted by Crippen LogP contribution is -2.21. The lowest BCUT2D eigenvalue weighted by atomic mass is 10.3. The summed E-state index contributed by atoms with van der Waals surface area (Å²) in [6, 6.07) is 0. The van der Waals surface area contributed by atoms with E-state index in [-0.39, 0.29) is 13.2 Å². The number of hydrogen-bond acceptors (Lipinski definition) is 4. The molecule has 0 spiro atoms. The summed E-state index contributed by atoms with van der Waals surface area (Å²) >= 11 is 0. The molecule has 6 heteroatoms. The minimum atomic E-state index is -3.48. The van der Waals surface area contributed by atoms with Crippen LogP contribution in [0.3, 0.4) is 0 Å². The summed E-state index contributed by atoms with van der Waals surface area (Å²) in [5.41, 5.74) is 0. The maximum Gasteiger partial charge on any atom is 0.325 e. The smallest absolute Gasteiger partial charge is 0.325 e. The molecule has 2 unspecified atom stereocenters. The zero-order valence-electron chi connectivity index (χ0n) is 8.68. The van der Waals surface area contributed by atoms with E-state index in [1.54, 1.807) is 0 Å². The van der Waals surface area contributed by atoms with Crippen molar-refractivity contribution in [2.75, 3.05) is 26.5 Å². The first-order valence-corrected chi connectivity index (χ1v) is 6.68. The van der Waals surface area contributed by atoms with Crippen molar-refractivity contribution in [1.29, 1.82) is 0 Å². The summed E-state index contributed by atoms with van der Waals surface area (Å²) in [4.78, 5) is 8.76. The van der Waals surface area contributed by atoms with Crippen LogP contribution >= 0.6 is 7.60 Å². The molecule has 0 aliphatic rings. The Morgan fingerprint density at radius 1 is 1.43 bits per heavy atom. The molecule has 0 aliphatic heterocycles. The lowest BCUT2D eigenvalue weighted by molar-refractivity contribution is 0.00950. The molecule has 0 aromatic heterocycles. The van der Waals surface area contributed by atoms with Crippen LogP contribution in [0.25, 0.3) is 0 Å². The van der Waals surface area contributed by atoms with Crippen molar-refractivity contribution in [2.24, 2.45) is 0 Å². The van der Waals surface area contributed by atoms with Crippen molar-refractivity contribution >= 4 is 7.60 Å². The number of rotatable bonds is 8. The van der Waals surface area contributed by atoms with Crippen LogP contribution in [0.15, 0.2) is 0 Å². The number of ether oxygens (including phenoxy) is 1. The maximum atomic E-state index is 10.7. The molecular formula is C8H19O5P. The first-order chi connectivity index (χ1) is 6.45. The molecule has 0 heterocycles. The molecule has 0 amide bonds. The van der Waals surface area contributed by atoms with Crippen LogP contribution < -0.4 is 0 Å². The highest BCUT2D eigenvalue weighted by Crippen LogP contribution is 2.36. The molecular weight excluding hydrogens is 207 g/mol. The Kier molecular flexibility index (Phi) is 7.41. The van der Waals surface area contributed by atoms with E-state index in [1.165, 1.54) is 0 Å². The van der Waals surface area contributed by atoms with Crippen LogP contribution in [0.5, 0.6) is 0 Å². The Morgan fingerprint density at radius 3 is 2.57 bits per heavy atom. The Balaban J connectivity index is 3.37. The van der Waals surface area contributed by atoms with Gasteiger partial charge in [0, 0.05) is 13.3 Å². The largest absolute Gasteiger partial charge is 0.388 e. The summed E-state index contributed by atoms with van der Waals surface area (Å²) in [7, 11) is -3.48. The second-order valence-electron chi connectivity index (χ2n) is 3.18. The van der Waals surface area contributed by atoms with Crippen LogP contribution in [0.4, 0.5) is 0 Å². The Hall–Kier alpha value is 0.0700. The molecule has 14 heavy (non-hydrogen) atoms. The van der Waals surface area contributed by atoms with E-state index in [0.29, 0.717) is 6.61 Å². The van der Waals surface area contributed by atoms with Gasteiger partial charge in [0.25, 0.3) is 0 Å². The molecule has 0 bridgehead atoms. The fourth-order valence-electron chi connectivity index (χ4n) is 0.738. The van der Waals surface area contributed by atoms with Crippen LogP contribution in [0.1, 0.15) is 19.8 Å². The Labute approximate surface area is 84.6 Å². The molecule has 0 saturated carbocycles. The van der Waals surface area contributed by atoms with Crippen LogP contribution in [-0.4, -0.2) is 42.6 Å². The maximum absolute atomic E-state index is 10.7. The van der Waals surface area contributed by atoms with Gasteiger partial charge in [0.1, 0.15) is 6.10 Å². The topological polar surface area (TPSA) is 76.0 Å². The van der Waals surface area contributed by atoms with E-state index in [2.05, 4.69) is 4.52 Å². The van der Waals surface area contributed by atoms with Crippen LogP contribution in [0, 0.1) is 0 Å². The molecule has 86 valence electrons. The van der Waals surface area contributed by atoms with E-state index in [1.807, 2.05) is 6.92 Å². The van der Waals surface area contributed by atoms with Gasteiger partial charge in [-0.2, -0.15) is 0 Å². The lowest BCUT2D eigenvalue weighted by Gasteiger charge is -2.12. The zero-order valence-corrected chi connectivity index (χ0v) is 9.57. The molecule has 0 radical (unpaired) electrons. The standard InChI is InChI=1S/C8H19O5P/c1-3-4-5-12-6-8(9)7-13-14(2,10)11/h8-9H,3-7H2,1-2H3,(H,10,11). The monoisotopic (exact) mass is 226 g/mol. The van der Waals surface area contributed by atoms with E-state index in [9.17, 15) is 9.67 Å². The number of aliphatic hydroxyl groups is 1. The predicted molar refractivity (Wildman–Crippen MR) is 53.4 cm³/mol. The summed E-state index contributed by atoms with van der Waals surface area (Å²) in [5.74, 6) is 0. The van der Waals surface area contributed by atoms with Crippen molar-refractivity contribution in [3.63, 3.8) is 0 Å². The first-order valence-electron chi connectivity index (χ1n) is 4.66. The van der Waals surface area contributed by atoms with Crippen LogP contribution in [-0.2, 0) is 13.8 Å².